The average Bonchev–Trinajstić information content (AvgIpc) is 2.96. The summed E-state index contributed by atoms with van der Waals surface area (Å²) in [5.41, 5.74) is 7.41. The molecule has 0 fully saturated rings. The van der Waals surface area contributed by atoms with E-state index in [-0.39, 0.29) is 11.9 Å². The maximum atomic E-state index is 12.0. The molecular formula is C15H16N4OS. The van der Waals surface area contributed by atoms with Crippen molar-refractivity contribution in [1.29, 1.82) is 0 Å². The molecule has 1 aliphatic heterocycles. The van der Waals surface area contributed by atoms with E-state index in [9.17, 15) is 4.79 Å². The van der Waals surface area contributed by atoms with Crippen LogP contribution in [-0.4, -0.2) is 28.8 Å². The van der Waals surface area contributed by atoms with E-state index < -0.39 is 5.54 Å². The number of hydrogen-bond acceptors (Lipinski definition) is 5. The SMILES string of the molecule is CN1C(=O)C[C@@](C)(c2cc(-c3cccnc3)cs2)N=C1N. The third-order valence-corrected chi connectivity index (χ3v) is 4.88. The highest BCUT2D eigenvalue weighted by atomic mass is 32.1. The number of aliphatic imine (C=N–C) groups is 1. The molecule has 3 rings (SSSR count). The van der Waals surface area contributed by atoms with Crippen LogP contribution in [0.4, 0.5) is 0 Å². The van der Waals surface area contributed by atoms with E-state index in [0.29, 0.717) is 6.42 Å². The molecule has 0 saturated carbocycles. The van der Waals surface area contributed by atoms with Crippen molar-refractivity contribution < 1.29 is 4.79 Å². The molecule has 0 radical (unpaired) electrons. The number of rotatable bonds is 2. The fourth-order valence-electron chi connectivity index (χ4n) is 2.35. The number of pyridine rings is 1. The summed E-state index contributed by atoms with van der Waals surface area (Å²) in [4.78, 5) is 23.1. The predicted octanol–water partition coefficient (Wildman–Crippen LogP) is 2.20. The quantitative estimate of drug-likeness (QED) is 0.924. The number of carbonyl (C=O) groups is 1. The molecule has 1 atom stereocenters. The van der Waals surface area contributed by atoms with Crippen LogP contribution in [0, 0.1) is 0 Å². The zero-order valence-electron chi connectivity index (χ0n) is 11.9. The lowest BCUT2D eigenvalue weighted by Gasteiger charge is -2.32. The zero-order chi connectivity index (χ0) is 15.0. The van der Waals surface area contributed by atoms with E-state index in [0.717, 1.165) is 16.0 Å². The van der Waals surface area contributed by atoms with Crippen LogP contribution in [0.15, 0.2) is 41.0 Å². The highest BCUT2D eigenvalue weighted by Gasteiger charge is 2.37. The summed E-state index contributed by atoms with van der Waals surface area (Å²) in [6.45, 7) is 1.95. The van der Waals surface area contributed by atoms with Gasteiger partial charge in [0.2, 0.25) is 5.91 Å². The van der Waals surface area contributed by atoms with Gasteiger partial charge in [-0.3, -0.25) is 14.7 Å². The summed E-state index contributed by atoms with van der Waals surface area (Å²) in [5.74, 6) is 0.256. The summed E-state index contributed by atoms with van der Waals surface area (Å²) in [6, 6.07) is 5.99. The number of nitrogens with zero attached hydrogens (tertiary/aromatic N) is 3. The lowest BCUT2D eigenvalue weighted by molar-refractivity contribution is -0.128. The van der Waals surface area contributed by atoms with Gasteiger partial charge in [-0.05, 0) is 30.0 Å². The number of carbonyl (C=O) groups excluding carboxylic acids is 1. The van der Waals surface area contributed by atoms with E-state index >= 15 is 0 Å². The first kappa shape index (κ1) is 13.8. The van der Waals surface area contributed by atoms with Gasteiger partial charge in [-0.1, -0.05) is 6.07 Å². The molecule has 0 unspecified atom stereocenters. The highest BCUT2D eigenvalue weighted by molar-refractivity contribution is 7.10. The predicted molar refractivity (Wildman–Crippen MR) is 83.9 cm³/mol. The average molecular weight is 300 g/mol. The van der Waals surface area contributed by atoms with Crippen molar-refractivity contribution in [3.8, 4) is 11.1 Å². The molecule has 6 heteroatoms. The van der Waals surface area contributed by atoms with E-state index in [1.165, 1.54) is 4.90 Å². The van der Waals surface area contributed by atoms with Gasteiger partial charge in [0.25, 0.3) is 0 Å². The topological polar surface area (TPSA) is 71.6 Å². The first-order valence-electron chi connectivity index (χ1n) is 6.61. The smallest absolute Gasteiger partial charge is 0.231 e. The van der Waals surface area contributed by atoms with Crippen molar-refractivity contribution in [3.05, 3.63) is 40.8 Å². The van der Waals surface area contributed by atoms with Gasteiger partial charge in [-0.15, -0.1) is 11.3 Å². The molecule has 1 aliphatic rings. The second kappa shape index (κ2) is 4.96. The van der Waals surface area contributed by atoms with Crippen molar-refractivity contribution in [1.82, 2.24) is 9.88 Å². The minimum atomic E-state index is -0.585. The van der Waals surface area contributed by atoms with Crippen LogP contribution in [0.1, 0.15) is 18.2 Å². The standard InChI is InChI=1S/C15H16N4OS/c1-15(7-13(20)19(2)14(16)18-15)12-6-11(9-21-12)10-4-3-5-17-8-10/h3-6,8-9H,7H2,1-2H3,(H2,16,18)/t15-/m0/s1. The lowest BCUT2D eigenvalue weighted by Crippen LogP contribution is -2.47. The van der Waals surface area contributed by atoms with Crippen molar-refractivity contribution in [3.63, 3.8) is 0 Å². The summed E-state index contributed by atoms with van der Waals surface area (Å²) in [5, 5.41) is 2.06. The Bertz CT molecular complexity index is 709. The van der Waals surface area contributed by atoms with Gasteiger partial charge in [0, 0.05) is 29.9 Å². The number of guanidine groups is 1. The van der Waals surface area contributed by atoms with Gasteiger partial charge in [-0.25, -0.2) is 4.99 Å². The molecule has 108 valence electrons. The minimum Gasteiger partial charge on any atom is -0.369 e. The fourth-order valence-corrected chi connectivity index (χ4v) is 3.38. The summed E-state index contributed by atoms with van der Waals surface area (Å²) in [6.07, 6.45) is 3.90. The summed E-state index contributed by atoms with van der Waals surface area (Å²) in [7, 11) is 1.65. The van der Waals surface area contributed by atoms with Crippen LogP contribution >= 0.6 is 11.3 Å². The van der Waals surface area contributed by atoms with E-state index in [2.05, 4.69) is 21.4 Å². The van der Waals surface area contributed by atoms with Gasteiger partial charge in [-0.2, -0.15) is 0 Å². The third kappa shape index (κ3) is 2.42. The van der Waals surface area contributed by atoms with Crippen molar-refractivity contribution >= 4 is 23.2 Å². The largest absolute Gasteiger partial charge is 0.369 e. The Kier molecular flexibility index (Phi) is 3.25. The van der Waals surface area contributed by atoms with Crippen LogP contribution in [0.2, 0.25) is 0 Å². The zero-order valence-corrected chi connectivity index (χ0v) is 12.7. The Morgan fingerprint density at radius 2 is 2.24 bits per heavy atom. The molecule has 2 aromatic heterocycles. The Morgan fingerprint density at radius 1 is 1.43 bits per heavy atom. The minimum absolute atomic E-state index is 0.0127. The Labute approximate surface area is 127 Å². The fraction of sp³-hybridized carbons (Fsp3) is 0.267. The molecule has 0 aliphatic carbocycles. The van der Waals surface area contributed by atoms with E-state index in [1.54, 1.807) is 24.6 Å². The van der Waals surface area contributed by atoms with Crippen LogP contribution in [0.5, 0.6) is 0 Å². The first-order chi connectivity index (χ1) is 9.99. The van der Waals surface area contributed by atoms with Gasteiger partial charge in [0.05, 0.1) is 6.42 Å². The number of thiophene rings is 1. The molecule has 0 bridgehead atoms. The molecule has 0 spiro atoms. The van der Waals surface area contributed by atoms with Crippen LogP contribution in [-0.2, 0) is 10.3 Å². The Balaban J connectivity index is 1.98. The summed E-state index contributed by atoms with van der Waals surface area (Å²) >= 11 is 1.59. The monoisotopic (exact) mass is 300 g/mol. The van der Waals surface area contributed by atoms with E-state index in [4.69, 9.17) is 5.73 Å². The Hall–Kier alpha value is -2.21. The normalized spacial score (nSPS) is 22.3. The maximum Gasteiger partial charge on any atom is 0.231 e. The molecule has 5 nitrogen and oxygen atoms in total. The van der Waals surface area contributed by atoms with Crippen LogP contribution < -0.4 is 5.73 Å². The molecule has 1 amide bonds. The molecule has 21 heavy (non-hydrogen) atoms. The third-order valence-electron chi connectivity index (χ3n) is 3.70. The number of hydrogen-bond donors (Lipinski definition) is 1. The van der Waals surface area contributed by atoms with Crippen molar-refractivity contribution in [2.75, 3.05) is 7.05 Å². The van der Waals surface area contributed by atoms with Gasteiger partial charge >= 0.3 is 0 Å². The van der Waals surface area contributed by atoms with Crippen molar-refractivity contribution in [2.24, 2.45) is 10.7 Å². The molecule has 3 heterocycles. The number of aromatic nitrogens is 1. The maximum absolute atomic E-state index is 12.0. The second-order valence-corrected chi connectivity index (χ2v) is 6.23. The Morgan fingerprint density at radius 3 is 2.90 bits per heavy atom. The highest BCUT2D eigenvalue weighted by Crippen LogP contribution is 2.38. The van der Waals surface area contributed by atoms with Gasteiger partial charge < -0.3 is 5.73 Å². The first-order valence-corrected chi connectivity index (χ1v) is 7.49. The van der Waals surface area contributed by atoms with Gasteiger partial charge in [0.1, 0.15) is 5.54 Å². The molecule has 2 aromatic rings. The van der Waals surface area contributed by atoms with Crippen LogP contribution in [0.3, 0.4) is 0 Å². The number of nitrogens with two attached hydrogens (primary N) is 1. The van der Waals surface area contributed by atoms with Gasteiger partial charge in [0.15, 0.2) is 5.96 Å². The molecular weight excluding hydrogens is 284 g/mol. The molecule has 2 N–H and O–H groups in total. The van der Waals surface area contributed by atoms with Crippen LogP contribution in [0.25, 0.3) is 11.1 Å². The lowest BCUT2D eigenvalue weighted by atomic mass is 9.93. The molecule has 0 saturated heterocycles. The van der Waals surface area contributed by atoms with E-state index in [1.807, 2.05) is 25.3 Å². The van der Waals surface area contributed by atoms with Crippen molar-refractivity contribution in [2.45, 2.75) is 18.9 Å². The second-order valence-electron chi connectivity index (χ2n) is 5.31. The number of amides is 1. The molecule has 0 aromatic carbocycles. The summed E-state index contributed by atoms with van der Waals surface area (Å²) < 4.78 is 0.